The molecular weight excluding hydrogens is 248 g/mol. The molecule has 0 bridgehead atoms. The minimum Gasteiger partial charge on any atom is -0.481 e. The summed E-state index contributed by atoms with van der Waals surface area (Å²) in [6.07, 6.45) is 0. The van der Waals surface area contributed by atoms with E-state index in [9.17, 15) is 9.59 Å². The van der Waals surface area contributed by atoms with Crippen molar-refractivity contribution in [3.8, 4) is 0 Å². The average molecular weight is 262 g/mol. The molecule has 0 saturated carbocycles. The number of amides is 1. The van der Waals surface area contributed by atoms with Gasteiger partial charge in [0.1, 0.15) is 11.0 Å². The Morgan fingerprint density at radius 1 is 1.37 bits per heavy atom. The van der Waals surface area contributed by atoms with Gasteiger partial charge in [0.05, 0.1) is 5.92 Å². The first-order chi connectivity index (χ1) is 8.99. The lowest BCUT2D eigenvalue weighted by Crippen LogP contribution is -2.33. The fraction of sp³-hybridized carbons (Fsp3) is 0.333. The van der Waals surface area contributed by atoms with Crippen LogP contribution < -0.4 is 0 Å². The molecule has 0 aliphatic heterocycles. The van der Waals surface area contributed by atoms with Gasteiger partial charge in [0.15, 0.2) is 0 Å². The highest BCUT2D eigenvalue weighted by Crippen LogP contribution is 2.13. The number of fused-ring (bicyclic) bond motifs is 1. The van der Waals surface area contributed by atoms with Crippen LogP contribution in [0.4, 0.5) is 0 Å². The molecule has 1 atom stereocenters. The van der Waals surface area contributed by atoms with Crippen LogP contribution in [0.15, 0.2) is 18.2 Å². The van der Waals surface area contributed by atoms with E-state index in [0.29, 0.717) is 16.6 Å². The number of benzene rings is 1. The Hall–Kier alpha value is -2.44. The fourth-order valence-corrected chi connectivity index (χ4v) is 1.77. The molecule has 2 aromatic rings. The molecule has 0 aliphatic carbocycles. The third kappa shape index (κ3) is 2.70. The van der Waals surface area contributed by atoms with Gasteiger partial charge >= 0.3 is 5.97 Å². The summed E-state index contributed by atoms with van der Waals surface area (Å²) in [5, 5.41) is 19.1. The monoisotopic (exact) mass is 262 g/mol. The number of hydrogen-bond acceptors (Lipinski definition) is 4. The number of aromatic nitrogens is 3. The summed E-state index contributed by atoms with van der Waals surface area (Å²) in [5.41, 5.74) is 1.74. The van der Waals surface area contributed by atoms with Crippen LogP contribution in [-0.2, 0) is 4.79 Å². The largest absolute Gasteiger partial charge is 0.481 e. The van der Waals surface area contributed by atoms with E-state index in [0.717, 1.165) is 0 Å². The normalized spacial score (nSPS) is 12.3. The Kier molecular flexibility index (Phi) is 3.46. The lowest BCUT2D eigenvalue weighted by Gasteiger charge is -2.19. The van der Waals surface area contributed by atoms with Crippen molar-refractivity contribution in [1.29, 1.82) is 0 Å². The maximum Gasteiger partial charge on any atom is 0.308 e. The molecule has 7 heteroatoms. The first kappa shape index (κ1) is 13.0. The van der Waals surface area contributed by atoms with Crippen molar-refractivity contribution in [2.75, 3.05) is 13.6 Å². The van der Waals surface area contributed by atoms with Crippen molar-refractivity contribution in [2.45, 2.75) is 6.92 Å². The van der Waals surface area contributed by atoms with Crippen molar-refractivity contribution < 1.29 is 14.7 Å². The van der Waals surface area contributed by atoms with E-state index < -0.39 is 11.9 Å². The van der Waals surface area contributed by atoms with Gasteiger partial charge in [-0.15, -0.1) is 0 Å². The number of aliphatic carboxylic acids is 1. The molecule has 0 fully saturated rings. The molecule has 1 aromatic carbocycles. The summed E-state index contributed by atoms with van der Waals surface area (Å²) in [6, 6.07) is 4.97. The molecule has 0 spiro atoms. The highest BCUT2D eigenvalue weighted by atomic mass is 16.4. The maximum absolute atomic E-state index is 12.1. The molecule has 1 amide bonds. The van der Waals surface area contributed by atoms with Crippen molar-refractivity contribution in [3.63, 3.8) is 0 Å². The molecule has 2 rings (SSSR count). The van der Waals surface area contributed by atoms with Gasteiger partial charge < -0.3 is 10.0 Å². The lowest BCUT2D eigenvalue weighted by molar-refractivity contribution is -0.141. The summed E-state index contributed by atoms with van der Waals surface area (Å²) in [6.45, 7) is 1.72. The first-order valence-electron chi connectivity index (χ1n) is 5.78. The maximum atomic E-state index is 12.1. The average Bonchev–Trinajstić information content (AvgIpc) is 2.84. The number of carboxylic acids is 1. The van der Waals surface area contributed by atoms with Gasteiger partial charge in [-0.1, -0.05) is 6.92 Å². The van der Waals surface area contributed by atoms with E-state index in [1.54, 1.807) is 32.2 Å². The fourth-order valence-electron chi connectivity index (χ4n) is 1.77. The number of nitrogens with one attached hydrogen (secondary N) is 1. The van der Waals surface area contributed by atoms with E-state index in [1.165, 1.54) is 4.90 Å². The van der Waals surface area contributed by atoms with Crippen LogP contribution in [0.1, 0.15) is 17.3 Å². The minimum atomic E-state index is -0.924. The van der Waals surface area contributed by atoms with Gasteiger partial charge in [-0.25, -0.2) is 0 Å². The highest BCUT2D eigenvalue weighted by molar-refractivity contribution is 5.97. The zero-order valence-electron chi connectivity index (χ0n) is 10.6. The van der Waals surface area contributed by atoms with Gasteiger partial charge in [-0.2, -0.15) is 15.4 Å². The number of carboxylic acid groups (broad SMARTS) is 1. The van der Waals surface area contributed by atoms with Crippen LogP contribution in [0, 0.1) is 5.92 Å². The SMILES string of the molecule is CC(CN(C)C(=O)c1ccc2n[nH]nc2c1)C(=O)O. The van der Waals surface area contributed by atoms with E-state index in [2.05, 4.69) is 15.4 Å². The third-order valence-electron chi connectivity index (χ3n) is 2.88. The topological polar surface area (TPSA) is 99.2 Å². The smallest absolute Gasteiger partial charge is 0.308 e. The van der Waals surface area contributed by atoms with Crippen LogP contribution in [0.5, 0.6) is 0 Å². The van der Waals surface area contributed by atoms with Crippen molar-refractivity contribution >= 4 is 22.9 Å². The second kappa shape index (κ2) is 5.05. The third-order valence-corrected chi connectivity index (χ3v) is 2.88. The standard InChI is InChI=1S/C12H14N4O3/c1-7(12(18)19)6-16(2)11(17)8-3-4-9-10(5-8)14-15-13-9/h3-5,7H,6H2,1-2H3,(H,18,19)(H,13,14,15). The van der Waals surface area contributed by atoms with E-state index >= 15 is 0 Å². The predicted molar refractivity (Wildman–Crippen MR) is 67.6 cm³/mol. The molecule has 1 heterocycles. The summed E-state index contributed by atoms with van der Waals surface area (Å²) in [7, 11) is 1.58. The Bertz CT molecular complexity index is 622. The van der Waals surface area contributed by atoms with Crippen LogP contribution in [0.3, 0.4) is 0 Å². The molecular formula is C12H14N4O3. The Balaban J connectivity index is 2.16. The molecule has 1 aromatic heterocycles. The summed E-state index contributed by atoms with van der Waals surface area (Å²) < 4.78 is 0. The number of carbonyl (C=O) groups excluding carboxylic acids is 1. The molecule has 100 valence electrons. The van der Waals surface area contributed by atoms with Gasteiger partial charge in [0, 0.05) is 19.2 Å². The highest BCUT2D eigenvalue weighted by Gasteiger charge is 2.19. The Morgan fingerprint density at radius 3 is 2.74 bits per heavy atom. The molecule has 1 unspecified atom stereocenters. The number of carbonyl (C=O) groups is 2. The number of H-pyrrole nitrogens is 1. The van der Waals surface area contributed by atoms with Gasteiger partial charge in [0.25, 0.3) is 5.91 Å². The quantitative estimate of drug-likeness (QED) is 0.847. The summed E-state index contributed by atoms with van der Waals surface area (Å²) >= 11 is 0. The second-order valence-corrected chi connectivity index (χ2v) is 4.45. The number of hydrogen-bond donors (Lipinski definition) is 2. The molecule has 0 saturated heterocycles. The van der Waals surface area contributed by atoms with E-state index in [-0.39, 0.29) is 12.5 Å². The summed E-state index contributed by atoms with van der Waals surface area (Å²) in [4.78, 5) is 24.3. The van der Waals surface area contributed by atoms with Gasteiger partial charge in [0.2, 0.25) is 0 Å². The number of nitrogens with zero attached hydrogens (tertiary/aromatic N) is 3. The molecule has 2 N–H and O–H groups in total. The molecule has 0 radical (unpaired) electrons. The van der Waals surface area contributed by atoms with Gasteiger partial charge in [-0.3, -0.25) is 9.59 Å². The van der Waals surface area contributed by atoms with Crippen molar-refractivity contribution in [1.82, 2.24) is 20.3 Å². The second-order valence-electron chi connectivity index (χ2n) is 4.45. The van der Waals surface area contributed by atoms with Crippen LogP contribution in [0.2, 0.25) is 0 Å². The zero-order valence-corrected chi connectivity index (χ0v) is 10.6. The van der Waals surface area contributed by atoms with Crippen LogP contribution in [-0.4, -0.2) is 50.9 Å². The lowest BCUT2D eigenvalue weighted by atomic mass is 10.1. The van der Waals surface area contributed by atoms with Crippen molar-refractivity contribution in [3.05, 3.63) is 23.8 Å². The summed E-state index contributed by atoms with van der Waals surface area (Å²) in [5.74, 6) is -1.77. The zero-order chi connectivity index (χ0) is 14.0. The number of aromatic amines is 1. The van der Waals surface area contributed by atoms with E-state index in [4.69, 9.17) is 5.11 Å². The molecule has 7 nitrogen and oxygen atoms in total. The number of rotatable bonds is 4. The molecule has 0 aliphatic rings. The minimum absolute atomic E-state index is 0.158. The van der Waals surface area contributed by atoms with Crippen LogP contribution >= 0.6 is 0 Å². The molecule has 19 heavy (non-hydrogen) atoms. The van der Waals surface area contributed by atoms with Crippen molar-refractivity contribution in [2.24, 2.45) is 5.92 Å². The first-order valence-corrected chi connectivity index (χ1v) is 5.78. The predicted octanol–water partition coefficient (Wildman–Crippen LogP) is 0.751. The van der Waals surface area contributed by atoms with Crippen LogP contribution in [0.25, 0.3) is 11.0 Å². The Labute approximate surface area is 109 Å². The van der Waals surface area contributed by atoms with E-state index in [1.807, 2.05) is 0 Å². The Morgan fingerprint density at radius 2 is 2.05 bits per heavy atom. The van der Waals surface area contributed by atoms with Gasteiger partial charge in [-0.05, 0) is 18.2 Å².